The van der Waals surface area contributed by atoms with Gasteiger partial charge in [0.15, 0.2) is 0 Å². The highest BCUT2D eigenvalue weighted by Crippen LogP contribution is 2.30. The molecule has 0 fully saturated rings. The van der Waals surface area contributed by atoms with E-state index in [4.69, 9.17) is 0 Å². The van der Waals surface area contributed by atoms with E-state index < -0.39 is 11.8 Å². The number of carbonyl (C=O) groups is 2. The molecule has 0 bridgehead atoms. The Morgan fingerprint density at radius 3 is 2.33 bits per heavy atom. The minimum Gasteiger partial charge on any atom is -0.463 e. The fourth-order valence-electron chi connectivity index (χ4n) is 2.39. The summed E-state index contributed by atoms with van der Waals surface area (Å²) in [5.41, 5.74) is 2.64. The van der Waals surface area contributed by atoms with Gasteiger partial charge in [-0.15, -0.1) is 0 Å². The Balaban J connectivity index is 2.29. The van der Waals surface area contributed by atoms with E-state index in [2.05, 4.69) is 9.72 Å². The molecule has 0 radical (unpaired) electrons. The average molecular weight is 279 g/mol. The zero-order valence-corrected chi connectivity index (χ0v) is 11.4. The van der Waals surface area contributed by atoms with Gasteiger partial charge in [-0.3, -0.25) is 4.79 Å². The Morgan fingerprint density at radius 1 is 0.952 bits per heavy atom. The Bertz CT molecular complexity index is 818. The summed E-state index contributed by atoms with van der Waals surface area (Å²) in [6.07, 6.45) is 0. The van der Waals surface area contributed by atoms with E-state index >= 15 is 0 Å². The number of nitrogens with one attached hydrogen (secondary N) is 1. The van der Waals surface area contributed by atoms with Crippen LogP contribution in [0.25, 0.3) is 22.2 Å². The van der Waals surface area contributed by atoms with Crippen LogP contribution >= 0.6 is 0 Å². The molecule has 1 N–H and O–H groups in total. The van der Waals surface area contributed by atoms with Crippen LogP contribution in [0.15, 0.2) is 54.6 Å². The van der Waals surface area contributed by atoms with Crippen molar-refractivity contribution >= 4 is 22.7 Å². The lowest BCUT2D eigenvalue weighted by Gasteiger charge is -2.03. The number of ketones is 1. The predicted molar refractivity (Wildman–Crippen MR) is 80.1 cm³/mol. The fraction of sp³-hybridized carbons (Fsp3) is 0.0588. The summed E-state index contributed by atoms with van der Waals surface area (Å²) >= 11 is 0. The quantitative estimate of drug-likeness (QED) is 0.455. The van der Waals surface area contributed by atoms with Gasteiger partial charge in [0.2, 0.25) is 0 Å². The molecule has 3 rings (SSSR count). The van der Waals surface area contributed by atoms with E-state index in [1.54, 1.807) is 0 Å². The minimum absolute atomic E-state index is 0.351. The Kier molecular flexibility index (Phi) is 3.28. The molecule has 0 aliphatic rings. The molecule has 21 heavy (non-hydrogen) atoms. The molecule has 0 saturated heterocycles. The highest BCUT2D eigenvalue weighted by Gasteiger charge is 2.25. The molecule has 4 nitrogen and oxygen atoms in total. The molecule has 0 atom stereocenters. The third kappa shape index (κ3) is 2.21. The molecule has 0 amide bonds. The maximum Gasteiger partial charge on any atom is 0.379 e. The maximum absolute atomic E-state index is 12.4. The Morgan fingerprint density at radius 2 is 1.62 bits per heavy atom. The summed E-state index contributed by atoms with van der Waals surface area (Å²) in [5.74, 6) is -1.51. The highest BCUT2D eigenvalue weighted by molar-refractivity contribution is 6.44. The van der Waals surface area contributed by atoms with Crippen LogP contribution < -0.4 is 0 Å². The number of Topliss-reactive ketones (excluding diaryl/α,β-unsaturated/α-hetero) is 1. The number of aromatic amines is 1. The molecule has 2 aromatic carbocycles. The first-order valence-electron chi connectivity index (χ1n) is 6.51. The van der Waals surface area contributed by atoms with Crippen molar-refractivity contribution in [3.05, 3.63) is 60.2 Å². The van der Waals surface area contributed by atoms with Crippen molar-refractivity contribution in [1.82, 2.24) is 4.98 Å². The summed E-state index contributed by atoms with van der Waals surface area (Å²) in [6, 6.07) is 16.8. The molecular weight excluding hydrogens is 266 g/mol. The van der Waals surface area contributed by atoms with Crippen molar-refractivity contribution < 1.29 is 14.3 Å². The van der Waals surface area contributed by atoms with Crippen LogP contribution in [0.2, 0.25) is 0 Å². The number of rotatable bonds is 3. The fourth-order valence-corrected chi connectivity index (χ4v) is 2.39. The first-order chi connectivity index (χ1) is 10.2. The van der Waals surface area contributed by atoms with E-state index in [0.717, 1.165) is 11.1 Å². The topological polar surface area (TPSA) is 59.2 Å². The molecule has 0 aliphatic heterocycles. The first-order valence-corrected chi connectivity index (χ1v) is 6.51. The smallest absolute Gasteiger partial charge is 0.379 e. The summed E-state index contributed by atoms with van der Waals surface area (Å²) in [4.78, 5) is 27.2. The van der Waals surface area contributed by atoms with Crippen molar-refractivity contribution in [2.45, 2.75) is 0 Å². The molecular formula is C17H13NO3. The van der Waals surface area contributed by atoms with Gasteiger partial charge in [0.05, 0.1) is 18.4 Å². The van der Waals surface area contributed by atoms with Gasteiger partial charge >= 0.3 is 5.97 Å². The van der Waals surface area contributed by atoms with Crippen LogP contribution in [0.4, 0.5) is 0 Å². The number of fused-ring (bicyclic) bond motifs is 1. The van der Waals surface area contributed by atoms with Crippen molar-refractivity contribution in [3.8, 4) is 11.3 Å². The molecule has 1 heterocycles. The molecule has 0 unspecified atom stereocenters. The lowest BCUT2D eigenvalue weighted by Crippen LogP contribution is -2.16. The number of hydrogen-bond donors (Lipinski definition) is 1. The molecule has 0 spiro atoms. The van der Waals surface area contributed by atoms with Crippen LogP contribution in [0.3, 0.4) is 0 Å². The minimum atomic E-state index is -0.864. The standard InChI is InChI=1S/C17H13NO3/c1-21-17(20)16(19)14-12-9-5-6-10-13(12)18-15(14)11-7-3-2-4-8-11/h2-10,18H,1H3. The second kappa shape index (κ2) is 5.25. The maximum atomic E-state index is 12.4. The van der Waals surface area contributed by atoms with Gasteiger partial charge in [-0.1, -0.05) is 48.5 Å². The van der Waals surface area contributed by atoms with Crippen LogP contribution in [0.5, 0.6) is 0 Å². The molecule has 1 aromatic heterocycles. The van der Waals surface area contributed by atoms with Gasteiger partial charge in [-0.2, -0.15) is 0 Å². The van der Waals surface area contributed by atoms with Gasteiger partial charge in [0.1, 0.15) is 0 Å². The van der Waals surface area contributed by atoms with E-state index in [0.29, 0.717) is 16.6 Å². The lowest BCUT2D eigenvalue weighted by molar-refractivity contribution is -0.135. The van der Waals surface area contributed by atoms with Crippen LogP contribution in [-0.2, 0) is 9.53 Å². The lowest BCUT2D eigenvalue weighted by atomic mass is 10.0. The number of ether oxygens (including phenoxy) is 1. The zero-order chi connectivity index (χ0) is 14.8. The Hall–Kier alpha value is -2.88. The van der Waals surface area contributed by atoms with Crippen LogP contribution in [0.1, 0.15) is 10.4 Å². The number of methoxy groups -OCH3 is 1. The van der Waals surface area contributed by atoms with Gasteiger partial charge in [-0.05, 0) is 11.6 Å². The molecule has 3 aromatic rings. The van der Waals surface area contributed by atoms with Gasteiger partial charge in [0.25, 0.3) is 5.78 Å². The van der Waals surface area contributed by atoms with Crippen LogP contribution in [-0.4, -0.2) is 23.8 Å². The second-order valence-electron chi connectivity index (χ2n) is 4.61. The van der Waals surface area contributed by atoms with Gasteiger partial charge in [-0.25, -0.2) is 4.79 Å². The summed E-state index contributed by atoms with van der Waals surface area (Å²) in [7, 11) is 1.21. The van der Waals surface area contributed by atoms with E-state index in [1.165, 1.54) is 7.11 Å². The van der Waals surface area contributed by atoms with E-state index in [-0.39, 0.29) is 0 Å². The summed E-state index contributed by atoms with van der Waals surface area (Å²) < 4.78 is 4.57. The number of benzene rings is 2. The molecule has 4 heteroatoms. The highest BCUT2D eigenvalue weighted by atomic mass is 16.5. The zero-order valence-electron chi connectivity index (χ0n) is 11.4. The predicted octanol–water partition coefficient (Wildman–Crippen LogP) is 3.19. The van der Waals surface area contributed by atoms with Crippen LogP contribution in [0, 0.1) is 0 Å². The molecule has 0 saturated carbocycles. The number of aromatic nitrogens is 1. The normalized spacial score (nSPS) is 10.5. The number of esters is 1. The van der Waals surface area contributed by atoms with Gasteiger partial charge in [0, 0.05) is 10.9 Å². The monoisotopic (exact) mass is 279 g/mol. The van der Waals surface area contributed by atoms with Gasteiger partial charge < -0.3 is 9.72 Å². The van der Waals surface area contributed by atoms with E-state index in [1.807, 2.05) is 54.6 Å². The summed E-state index contributed by atoms with van der Waals surface area (Å²) in [6.45, 7) is 0. The number of hydrogen-bond acceptors (Lipinski definition) is 3. The molecule has 0 aliphatic carbocycles. The number of carbonyl (C=O) groups excluding carboxylic acids is 2. The average Bonchev–Trinajstić information content (AvgIpc) is 2.93. The Labute approximate surface area is 121 Å². The van der Waals surface area contributed by atoms with Crippen molar-refractivity contribution in [2.75, 3.05) is 7.11 Å². The molecule has 104 valence electrons. The SMILES string of the molecule is COC(=O)C(=O)c1c(-c2ccccc2)[nH]c2ccccc12. The third-order valence-electron chi connectivity index (χ3n) is 3.37. The summed E-state index contributed by atoms with van der Waals surface area (Å²) in [5, 5.41) is 0.715. The largest absolute Gasteiger partial charge is 0.463 e. The third-order valence-corrected chi connectivity index (χ3v) is 3.37. The van der Waals surface area contributed by atoms with Crippen molar-refractivity contribution in [1.29, 1.82) is 0 Å². The van der Waals surface area contributed by atoms with E-state index in [9.17, 15) is 9.59 Å². The number of para-hydroxylation sites is 1. The second-order valence-corrected chi connectivity index (χ2v) is 4.61. The van der Waals surface area contributed by atoms with Crippen molar-refractivity contribution in [3.63, 3.8) is 0 Å². The first kappa shape index (κ1) is 13.1. The number of H-pyrrole nitrogens is 1. The van der Waals surface area contributed by atoms with Crippen molar-refractivity contribution in [2.24, 2.45) is 0 Å².